The largest absolute Gasteiger partial charge is 0.506 e. The molecule has 0 unspecified atom stereocenters. The van der Waals surface area contributed by atoms with E-state index in [4.69, 9.17) is 0 Å². The molecule has 0 bridgehead atoms. The second-order valence-electron chi connectivity index (χ2n) is 6.55. The molecule has 0 spiro atoms. The van der Waals surface area contributed by atoms with Gasteiger partial charge >= 0.3 is 5.97 Å². The minimum Gasteiger partial charge on any atom is -0.506 e. The molecule has 0 heterocycles. The van der Waals surface area contributed by atoms with Gasteiger partial charge in [-0.1, -0.05) is 57.0 Å². The van der Waals surface area contributed by atoms with Gasteiger partial charge in [-0.3, -0.25) is 4.79 Å². The van der Waals surface area contributed by atoms with Crippen LogP contribution in [0.5, 0.6) is 5.75 Å². The number of rotatable bonds is 10. The minimum atomic E-state index is -1.25. The number of hydrogen-bond donors (Lipinski definition) is 2. The lowest BCUT2D eigenvalue weighted by Crippen LogP contribution is -2.28. The number of carbonyl (C=O) groups is 2. The highest BCUT2D eigenvalue weighted by molar-refractivity contribution is 6.15. The minimum absolute atomic E-state index is 0.0632. The second kappa shape index (κ2) is 9.76. The molecule has 2 N–H and O–H groups in total. The predicted molar refractivity (Wildman–Crippen MR) is 107 cm³/mol. The summed E-state index contributed by atoms with van der Waals surface area (Å²) in [5, 5.41) is 20.0. The summed E-state index contributed by atoms with van der Waals surface area (Å²) in [5.74, 6) is -2.09. The molecule has 0 amide bonds. The monoisotopic (exact) mass is 369 g/mol. The van der Waals surface area contributed by atoms with Crippen LogP contribution in [0.25, 0.3) is 0 Å². The molecule has 0 aromatic heterocycles. The first-order chi connectivity index (χ1) is 13.0. The zero-order valence-corrected chi connectivity index (χ0v) is 15.9. The molecule has 0 fully saturated rings. The van der Waals surface area contributed by atoms with Crippen LogP contribution in [0.3, 0.4) is 0 Å². The normalized spacial score (nSPS) is 10.6. The highest BCUT2D eigenvalue weighted by Crippen LogP contribution is 2.34. The molecule has 144 valence electrons. The van der Waals surface area contributed by atoms with Crippen molar-refractivity contribution in [1.82, 2.24) is 0 Å². The molecule has 27 heavy (non-hydrogen) atoms. The van der Waals surface area contributed by atoms with Gasteiger partial charge in [-0.05, 0) is 25.0 Å². The summed E-state index contributed by atoms with van der Waals surface area (Å²) in [5.41, 5.74) is 0.813. The molecule has 0 saturated carbocycles. The Bertz CT molecular complexity index is 778. The summed E-state index contributed by atoms with van der Waals surface area (Å²) in [4.78, 5) is 26.7. The number of carbonyl (C=O) groups excluding carboxylic acids is 1. The molecule has 5 heteroatoms. The lowest BCUT2D eigenvalue weighted by Gasteiger charge is -2.27. The Balaban J connectivity index is 2.59. The van der Waals surface area contributed by atoms with Crippen LogP contribution in [-0.4, -0.2) is 35.1 Å². The maximum atomic E-state index is 13.1. The SMILES string of the molecule is CCCCN(CCCC)c1ccc(C(=O)O)c(O)c1C(=O)c1ccccc1. The van der Waals surface area contributed by atoms with Gasteiger partial charge in [0.25, 0.3) is 0 Å². The first-order valence-corrected chi connectivity index (χ1v) is 9.45. The zero-order valence-electron chi connectivity index (χ0n) is 15.9. The van der Waals surface area contributed by atoms with E-state index in [-0.39, 0.29) is 16.9 Å². The Kier molecular flexibility index (Phi) is 7.41. The molecule has 0 aliphatic carbocycles. The molecular weight excluding hydrogens is 342 g/mol. The first kappa shape index (κ1) is 20.5. The smallest absolute Gasteiger partial charge is 0.339 e. The molecule has 2 aromatic carbocycles. The van der Waals surface area contributed by atoms with Gasteiger partial charge in [-0.15, -0.1) is 0 Å². The average Bonchev–Trinajstić information content (AvgIpc) is 2.68. The third kappa shape index (κ3) is 4.88. The summed E-state index contributed by atoms with van der Waals surface area (Å²) in [6.07, 6.45) is 3.90. The molecule has 0 radical (unpaired) electrons. The number of unbranched alkanes of at least 4 members (excludes halogenated alkanes) is 2. The van der Waals surface area contributed by atoms with Crippen LogP contribution in [0.4, 0.5) is 5.69 Å². The summed E-state index contributed by atoms with van der Waals surface area (Å²) < 4.78 is 0. The van der Waals surface area contributed by atoms with Gasteiger partial charge in [0, 0.05) is 18.7 Å². The number of carboxylic acid groups (broad SMARTS) is 1. The number of anilines is 1. The number of ketones is 1. The number of hydrogen-bond acceptors (Lipinski definition) is 4. The van der Waals surface area contributed by atoms with Crippen molar-refractivity contribution in [1.29, 1.82) is 0 Å². The van der Waals surface area contributed by atoms with E-state index in [0.29, 0.717) is 11.3 Å². The lowest BCUT2D eigenvalue weighted by molar-refractivity contribution is 0.0693. The van der Waals surface area contributed by atoms with E-state index in [1.807, 2.05) is 0 Å². The number of nitrogens with zero attached hydrogens (tertiary/aromatic N) is 1. The molecule has 2 rings (SSSR count). The van der Waals surface area contributed by atoms with Gasteiger partial charge in [0.1, 0.15) is 11.3 Å². The Morgan fingerprint density at radius 3 is 2.04 bits per heavy atom. The van der Waals surface area contributed by atoms with Crippen LogP contribution in [0.15, 0.2) is 42.5 Å². The van der Waals surface area contributed by atoms with Gasteiger partial charge in [0.15, 0.2) is 5.78 Å². The van der Waals surface area contributed by atoms with E-state index in [9.17, 15) is 19.8 Å². The number of benzene rings is 2. The summed E-state index contributed by atoms with van der Waals surface area (Å²) in [7, 11) is 0. The van der Waals surface area contributed by atoms with Crippen LogP contribution in [0.1, 0.15) is 65.8 Å². The molecule has 5 nitrogen and oxygen atoms in total. The highest BCUT2D eigenvalue weighted by Gasteiger charge is 2.25. The predicted octanol–water partition coefficient (Wildman–Crippen LogP) is 4.73. The van der Waals surface area contributed by atoms with Crippen LogP contribution >= 0.6 is 0 Å². The Hall–Kier alpha value is -2.82. The fourth-order valence-corrected chi connectivity index (χ4v) is 3.02. The lowest BCUT2D eigenvalue weighted by atomic mass is 9.97. The van der Waals surface area contributed by atoms with Crippen molar-refractivity contribution in [3.63, 3.8) is 0 Å². The molecular formula is C22H27NO4. The number of aromatic hydroxyl groups is 1. The van der Waals surface area contributed by atoms with Crippen molar-refractivity contribution in [2.75, 3.05) is 18.0 Å². The topological polar surface area (TPSA) is 77.8 Å². The van der Waals surface area contributed by atoms with Gasteiger partial charge in [-0.25, -0.2) is 4.79 Å². The fourth-order valence-electron chi connectivity index (χ4n) is 3.02. The summed E-state index contributed by atoms with van der Waals surface area (Å²) in [6, 6.07) is 11.7. The van der Waals surface area contributed by atoms with Crippen LogP contribution in [0.2, 0.25) is 0 Å². The van der Waals surface area contributed by atoms with E-state index in [1.54, 1.807) is 36.4 Å². The van der Waals surface area contributed by atoms with Crippen molar-refractivity contribution in [2.45, 2.75) is 39.5 Å². The van der Waals surface area contributed by atoms with Crippen LogP contribution in [-0.2, 0) is 0 Å². The van der Waals surface area contributed by atoms with Crippen molar-refractivity contribution >= 4 is 17.4 Å². The number of carboxylic acids is 1. The Morgan fingerprint density at radius 2 is 1.52 bits per heavy atom. The van der Waals surface area contributed by atoms with Gasteiger partial charge in [0.05, 0.1) is 11.3 Å². The Labute approximate surface area is 160 Å². The van der Waals surface area contributed by atoms with Crippen molar-refractivity contribution < 1.29 is 19.8 Å². The zero-order chi connectivity index (χ0) is 19.8. The van der Waals surface area contributed by atoms with Crippen LogP contribution < -0.4 is 4.90 Å². The van der Waals surface area contributed by atoms with Crippen LogP contribution in [0, 0.1) is 0 Å². The standard InChI is InChI=1S/C22H27NO4/c1-3-5-14-23(15-6-4-2)18-13-12-17(22(26)27)21(25)19(18)20(24)16-10-8-7-9-11-16/h7-13,25H,3-6,14-15H2,1-2H3,(H,26,27). The molecule has 0 aliphatic rings. The molecule has 0 aliphatic heterocycles. The third-order valence-electron chi connectivity index (χ3n) is 4.55. The highest BCUT2D eigenvalue weighted by atomic mass is 16.4. The van der Waals surface area contributed by atoms with Gasteiger partial charge in [0.2, 0.25) is 0 Å². The maximum absolute atomic E-state index is 13.1. The van der Waals surface area contributed by atoms with Gasteiger partial charge in [-0.2, -0.15) is 0 Å². The van der Waals surface area contributed by atoms with E-state index < -0.39 is 11.7 Å². The molecule has 2 aromatic rings. The Morgan fingerprint density at radius 1 is 0.926 bits per heavy atom. The second-order valence-corrected chi connectivity index (χ2v) is 6.55. The van der Waals surface area contributed by atoms with Crippen molar-refractivity contribution in [3.8, 4) is 5.75 Å². The van der Waals surface area contributed by atoms with E-state index in [0.717, 1.165) is 38.8 Å². The first-order valence-electron chi connectivity index (χ1n) is 9.45. The third-order valence-corrected chi connectivity index (χ3v) is 4.55. The van der Waals surface area contributed by atoms with Crippen molar-refractivity contribution in [3.05, 3.63) is 59.2 Å². The van der Waals surface area contributed by atoms with E-state index >= 15 is 0 Å². The summed E-state index contributed by atoms with van der Waals surface area (Å²) in [6.45, 7) is 5.69. The maximum Gasteiger partial charge on any atom is 0.339 e. The summed E-state index contributed by atoms with van der Waals surface area (Å²) >= 11 is 0. The number of phenols is 1. The molecule has 0 atom stereocenters. The van der Waals surface area contributed by atoms with E-state index in [2.05, 4.69) is 18.7 Å². The fraction of sp³-hybridized carbons (Fsp3) is 0.364. The van der Waals surface area contributed by atoms with Gasteiger partial charge < -0.3 is 15.1 Å². The van der Waals surface area contributed by atoms with E-state index in [1.165, 1.54) is 6.07 Å². The average molecular weight is 369 g/mol. The van der Waals surface area contributed by atoms with Crippen molar-refractivity contribution in [2.24, 2.45) is 0 Å². The quantitative estimate of drug-likeness (QED) is 0.592. The number of aromatic carboxylic acids is 1. The molecule has 0 saturated heterocycles.